The summed E-state index contributed by atoms with van der Waals surface area (Å²) in [5, 5.41) is 0. The van der Waals surface area contributed by atoms with Gasteiger partial charge in [-0.05, 0) is 35.2 Å². The lowest BCUT2D eigenvalue weighted by atomic mass is 10.1. The van der Waals surface area contributed by atoms with E-state index in [1.54, 1.807) is 0 Å². The summed E-state index contributed by atoms with van der Waals surface area (Å²) in [5.74, 6) is 0.860. The quantitative estimate of drug-likeness (QED) is 0.595. The third kappa shape index (κ3) is 3.04. The van der Waals surface area contributed by atoms with Crippen molar-refractivity contribution in [2.45, 2.75) is 13.0 Å². The first-order valence-electron chi connectivity index (χ1n) is 6.46. The largest absolute Gasteiger partial charge is 0.468 e. The van der Waals surface area contributed by atoms with Crippen LogP contribution in [0.4, 0.5) is 0 Å². The number of rotatable bonds is 5. The van der Waals surface area contributed by atoms with Gasteiger partial charge in [-0.1, -0.05) is 48.6 Å². The van der Waals surface area contributed by atoms with Gasteiger partial charge in [0.05, 0.1) is 6.61 Å². The zero-order valence-electron chi connectivity index (χ0n) is 10.7. The van der Waals surface area contributed by atoms with E-state index in [9.17, 15) is 0 Å². The minimum Gasteiger partial charge on any atom is -0.468 e. The Morgan fingerprint density at radius 3 is 2.79 bits per heavy atom. The van der Waals surface area contributed by atoms with Crippen LogP contribution in [0, 0.1) is 0 Å². The normalized spacial score (nSPS) is 12.4. The summed E-state index contributed by atoms with van der Waals surface area (Å²) in [6, 6.07) is 16.3. The molecule has 0 amide bonds. The van der Waals surface area contributed by atoms with E-state index < -0.39 is 0 Å². The third-order valence-corrected chi connectivity index (χ3v) is 3.17. The van der Waals surface area contributed by atoms with Gasteiger partial charge in [0.15, 0.2) is 6.79 Å². The van der Waals surface area contributed by atoms with E-state index in [1.165, 1.54) is 11.1 Å². The fraction of sp³-hybridized carbons (Fsp3) is 0.176. The molecule has 96 valence electrons. The number of hydrogen-bond acceptors (Lipinski definition) is 2. The van der Waals surface area contributed by atoms with E-state index in [0.717, 1.165) is 17.7 Å². The summed E-state index contributed by atoms with van der Waals surface area (Å²) in [4.78, 5) is 0. The number of ether oxygens (including phenoxy) is 2. The molecule has 2 aromatic carbocycles. The summed E-state index contributed by atoms with van der Waals surface area (Å²) in [7, 11) is 0. The minimum absolute atomic E-state index is 0.275. The van der Waals surface area contributed by atoms with Crippen LogP contribution in [0.5, 0.6) is 5.75 Å². The zero-order valence-corrected chi connectivity index (χ0v) is 10.7. The van der Waals surface area contributed by atoms with Crippen molar-refractivity contribution < 1.29 is 9.47 Å². The van der Waals surface area contributed by atoms with Crippen molar-refractivity contribution in [2.24, 2.45) is 0 Å². The van der Waals surface area contributed by atoms with E-state index in [-0.39, 0.29) is 6.79 Å². The first kappa shape index (κ1) is 12.0. The van der Waals surface area contributed by atoms with Crippen LogP contribution in [0.1, 0.15) is 16.7 Å². The van der Waals surface area contributed by atoms with Gasteiger partial charge in [-0.2, -0.15) is 0 Å². The summed E-state index contributed by atoms with van der Waals surface area (Å²) < 4.78 is 11.1. The maximum absolute atomic E-state index is 5.60. The van der Waals surface area contributed by atoms with Crippen LogP contribution in [-0.4, -0.2) is 6.79 Å². The van der Waals surface area contributed by atoms with Gasteiger partial charge >= 0.3 is 0 Å². The zero-order chi connectivity index (χ0) is 12.9. The van der Waals surface area contributed by atoms with Gasteiger partial charge in [-0.15, -0.1) is 0 Å². The average Bonchev–Trinajstić information content (AvgIpc) is 2.92. The monoisotopic (exact) mass is 252 g/mol. The molecule has 0 aliphatic heterocycles. The molecule has 3 rings (SSSR count). The molecule has 0 spiro atoms. The molecule has 1 aliphatic carbocycles. The Balaban J connectivity index is 1.49. The second kappa shape index (κ2) is 5.72. The molecule has 1 aliphatic rings. The number of benzene rings is 2. The average molecular weight is 252 g/mol. The van der Waals surface area contributed by atoms with Gasteiger partial charge in [0, 0.05) is 0 Å². The molecule has 0 saturated carbocycles. The summed E-state index contributed by atoms with van der Waals surface area (Å²) in [6.45, 7) is 0.850. The smallest absolute Gasteiger partial charge is 0.189 e. The van der Waals surface area contributed by atoms with Crippen LogP contribution in [0.3, 0.4) is 0 Å². The van der Waals surface area contributed by atoms with Crippen LogP contribution < -0.4 is 4.74 Å². The Labute approximate surface area is 113 Å². The fourth-order valence-electron chi connectivity index (χ4n) is 2.16. The summed E-state index contributed by atoms with van der Waals surface area (Å²) in [5.41, 5.74) is 3.76. The Morgan fingerprint density at radius 1 is 1.00 bits per heavy atom. The molecule has 0 saturated heterocycles. The first-order chi connectivity index (χ1) is 9.42. The standard InChI is InChI=1S/C17H16O2/c1-2-5-14(6-3-1)12-18-13-19-17-10-9-15-7-4-8-16(15)11-17/h1-6,8-11H,7,12-13H2. The molecule has 0 radical (unpaired) electrons. The van der Waals surface area contributed by atoms with Crippen LogP contribution in [0.2, 0.25) is 0 Å². The second-order valence-electron chi connectivity index (χ2n) is 4.56. The van der Waals surface area contributed by atoms with Crippen LogP contribution in [0.25, 0.3) is 6.08 Å². The van der Waals surface area contributed by atoms with E-state index in [1.807, 2.05) is 36.4 Å². The SMILES string of the molecule is C1=Cc2cc(OCOCc3ccccc3)ccc2C1. The predicted octanol–water partition coefficient (Wildman–Crippen LogP) is 3.81. The Kier molecular flexibility index (Phi) is 3.61. The van der Waals surface area contributed by atoms with Crippen molar-refractivity contribution in [3.63, 3.8) is 0 Å². The van der Waals surface area contributed by atoms with Crippen LogP contribution in [-0.2, 0) is 17.8 Å². The number of allylic oxidation sites excluding steroid dienone is 1. The highest BCUT2D eigenvalue weighted by Crippen LogP contribution is 2.24. The van der Waals surface area contributed by atoms with E-state index in [4.69, 9.17) is 9.47 Å². The van der Waals surface area contributed by atoms with E-state index in [2.05, 4.69) is 24.3 Å². The van der Waals surface area contributed by atoms with Gasteiger partial charge in [0.1, 0.15) is 5.75 Å². The van der Waals surface area contributed by atoms with Crippen molar-refractivity contribution in [2.75, 3.05) is 6.79 Å². The van der Waals surface area contributed by atoms with Crippen molar-refractivity contribution >= 4 is 6.08 Å². The van der Waals surface area contributed by atoms with Gasteiger partial charge < -0.3 is 9.47 Å². The van der Waals surface area contributed by atoms with Crippen LogP contribution >= 0.6 is 0 Å². The molecule has 0 atom stereocenters. The second-order valence-corrected chi connectivity index (χ2v) is 4.56. The molecule has 2 nitrogen and oxygen atoms in total. The molecule has 0 N–H and O–H groups in total. The highest BCUT2D eigenvalue weighted by atomic mass is 16.7. The lowest BCUT2D eigenvalue weighted by Gasteiger charge is -2.08. The number of fused-ring (bicyclic) bond motifs is 1. The van der Waals surface area contributed by atoms with E-state index >= 15 is 0 Å². The molecule has 2 aromatic rings. The summed E-state index contributed by atoms with van der Waals surface area (Å²) in [6.07, 6.45) is 5.33. The topological polar surface area (TPSA) is 18.5 Å². The van der Waals surface area contributed by atoms with Gasteiger partial charge in [0.25, 0.3) is 0 Å². The van der Waals surface area contributed by atoms with Crippen molar-refractivity contribution in [3.05, 3.63) is 71.3 Å². The summed E-state index contributed by atoms with van der Waals surface area (Å²) >= 11 is 0. The Bertz CT molecular complexity index is 573. The molecule has 0 unspecified atom stereocenters. The highest BCUT2D eigenvalue weighted by molar-refractivity contribution is 5.61. The molecular weight excluding hydrogens is 236 g/mol. The Morgan fingerprint density at radius 2 is 1.89 bits per heavy atom. The first-order valence-corrected chi connectivity index (χ1v) is 6.46. The Hall–Kier alpha value is -2.06. The molecule has 0 bridgehead atoms. The molecule has 0 aromatic heterocycles. The highest BCUT2D eigenvalue weighted by Gasteiger charge is 2.05. The third-order valence-electron chi connectivity index (χ3n) is 3.17. The lowest BCUT2D eigenvalue weighted by molar-refractivity contribution is 0.00503. The maximum Gasteiger partial charge on any atom is 0.189 e. The van der Waals surface area contributed by atoms with Crippen molar-refractivity contribution in [3.8, 4) is 5.75 Å². The fourth-order valence-corrected chi connectivity index (χ4v) is 2.16. The molecule has 0 heterocycles. The van der Waals surface area contributed by atoms with Crippen molar-refractivity contribution in [1.82, 2.24) is 0 Å². The van der Waals surface area contributed by atoms with E-state index in [0.29, 0.717) is 6.61 Å². The molecule has 19 heavy (non-hydrogen) atoms. The molecular formula is C17H16O2. The minimum atomic E-state index is 0.275. The number of hydrogen-bond donors (Lipinski definition) is 0. The van der Waals surface area contributed by atoms with Crippen molar-refractivity contribution in [1.29, 1.82) is 0 Å². The van der Waals surface area contributed by atoms with Gasteiger partial charge in [-0.25, -0.2) is 0 Å². The maximum atomic E-state index is 5.60. The molecule has 0 fully saturated rings. The van der Waals surface area contributed by atoms with Crippen LogP contribution in [0.15, 0.2) is 54.6 Å². The van der Waals surface area contributed by atoms with Gasteiger partial charge in [0.2, 0.25) is 0 Å². The lowest BCUT2D eigenvalue weighted by Crippen LogP contribution is -2.03. The molecule has 2 heteroatoms. The predicted molar refractivity (Wildman–Crippen MR) is 75.9 cm³/mol. The van der Waals surface area contributed by atoms with Gasteiger partial charge in [-0.3, -0.25) is 0 Å².